The molecule has 0 spiro atoms. The van der Waals surface area contributed by atoms with Gasteiger partial charge in [-0.05, 0) is 35.4 Å². The van der Waals surface area contributed by atoms with Gasteiger partial charge in [-0.3, -0.25) is 0 Å². The topological polar surface area (TPSA) is 69.6 Å². The van der Waals surface area contributed by atoms with Gasteiger partial charge in [0.15, 0.2) is 5.82 Å². The lowest BCUT2D eigenvalue weighted by Gasteiger charge is -2.04. The quantitative estimate of drug-likeness (QED) is 0.840. The van der Waals surface area contributed by atoms with Crippen LogP contribution >= 0.6 is 0 Å². The van der Waals surface area contributed by atoms with E-state index in [1.165, 1.54) is 5.56 Å². The van der Waals surface area contributed by atoms with Crippen LogP contribution in [0.1, 0.15) is 18.9 Å². The molecule has 1 aromatic heterocycles. The maximum Gasteiger partial charge on any atom is 0.182 e. The van der Waals surface area contributed by atoms with Crippen molar-refractivity contribution in [3.63, 3.8) is 0 Å². The first kappa shape index (κ1) is 11.7. The van der Waals surface area contributed by atoms with Gasteiger partial charge in [-0.25, -0.2) is 4.68 Å². The third-order valence-corrected chi connectivity index (χ3v) is 2.73. The van der Waals surface area contributed by atoms with Crippen molar-refractivity contribution >= 4 is 0 Å². The fourth-order valence-electron chi connectivity index (χ4n) is 1.69. The summed E-state index contributed by atoms with van der Waals surface area (Å²) in [4.78, 5) is 0. The summed E-state index contributed by atoms with van der Waals surface area (Å²) in [5, 5.41) is 11.7. The Balaban J connectivity index is 2.23. The minimum Gasteiger partial charge on any atom is -0.330 e. The first-order valence-corrected chi connectivity index (χ1v) is 5.90. The van der Waals surface area contributed by atoms with Gasteiger partial charge in [-0.1, -0.05) is 31.2 Å². The lowest BCUT2D eigenvalue weighted by Crippen LogP contribution is -2.08. The largest absolute Gasteiger partial charge is 0.330 e. The molecular formula is C12H17N5. The Morgan fingerprint density at radius 1 is 1.24 bits per heavy atom. The molecule has 1 aromatic carbocycles. The third kappa shape index (κ3) is 2.68. The van der Waals surface area contributed by atoms with Crippen molar-refractivity contribution in [1.82, 2.24) is 20.2 Å². The van der Waals surface area contributed by atoms with Crippen molar-refractivity contribution in [2.75, 3.05) is 6.54 Å². The van der Waals surface area contributed by atoms with Crippen molar-refractivity contribution in [1.29, 1.82) is 0 Å². The molecule has 0 saturated carbocycles. The summed E-state index contributed by atoms with van der Waals surface area (Å²) in [5.41, 5.74) is 7.85. The first-order chi connectivity index (χ1) is 8.35. The summed E-state index contributed by atoms with van der Waals surface area (Å²) in [5.74, 6) is 0.807. The van der Waals surface area contributed by atoms with Gasteiger partial charge in [-0.2, -0.15) is 0 Å². The van der Waals surface area contributed by atoms with Crippen LogP contribution in [0.5, 0.6) is 0 Å². The van der Waals surface area contributed by atoms with Crippen molar-refractivity contribution in [2.45, 2.75) is 26.3 Å². The molecule has 0 bridgehead atoms. The number of hydrogen-bond acceptors (Lipinski definition) is 4. The Morgan fingerprint density at radius 2 is 2.00 bits per heavy atom. The van der Waals surface area contributed by atoms with Crippen molar-refractivity contribution in [3.8, 4) is 11.4 Å². The number of nitrogens with two attached hydrogens (primary N) is 1. The zero-order valence-electron chi connectivity index (χ0n) is 10.0. The van der Waals surface area contributed by atoms with E-state index in [-0.39, 0.29) is 0 Å². The molecule has 0 aliphatic carbocycles. The summed E-state index contributed by atoms with van der Waals surface area (Å²) < 4.78 is 1.80. The lowest BCUT2D eigenvalue weighted by molar-refractivity contribution is 0.568. The molecule has 0 aliphatic heterocycles. The number of nitrogens with zero attached hydrogens (tertiary/aromatic N) is 4. The minimum absolute atomic E-state index is 0.647. The van der Waals surface area contributed by atoms with E-state index < -0.39 is 0 Å². The number of aromatic nitrogens is 4. The molecule has 0 atom stereocenters. The highest BCUT2D eigenvalue weighted by atomic mass is 15.5. The van der Waals surface area contributed by atoms with Crippen LogP contribution in [0.15, 0.2) is 24.3 Å². The maximum atomic E-state index is 5.49. The summed E-state index contributed by atoms with van der Waals surface area (Å²) in [6.07, 6.45) is 1.92. The van der Waals surface area contributed by atoms with E-state index >= 15 is 0 Å². The van der Waals surface area contributed by atoms with Crippen LogP contribution in [0, 0.1) is 0 Å². The van der Waals surface area contributed by atoms with Gasteiger partial charge in [0.05, 0.1) is 0 Å². The molecule has 5 nitrogen and oxygen atoms in total. The number of tetrazole rings is 1. The van der Waals surface area contributed by atoms with E-state index in [1.54, 1.807) is 4.68 Å². The van der Waals surface area contributed by atoms with Crippen LogP contribution in [0.2, 0.25) is 0 Å². The zero-order chi connectivity index (χ0) is 12.1. The zero-order valence-corrected chi connectivity index (χ0v) is 10.0. The molecule has 1 heterocycles. The molecule has 0 saturated heterocycles. The molecule has 17 heavy (non-hydrogen) atoms. The van der Waals surface area contributed by atoms with E-state index in [1.807, 2.05) is 0 Å². The molecule has 2 N–H and O–H groups in total. The Labute approximate surface area is 101 Å². The van der Waals surface area contributed by atoms with Crippen molar-refractivity contribution in [2.24, 2.45) is 5.73 Å². The van der Waals surface area contributed by atoms with Crippen molar-refractivity contribution < 1.29 is 0 Å². The van der Waals surface area contributed by atoms with Gasteiger partial charge in [0, 0.05) is 12.1 Å². The highest BCUT2D eigenvalue weighted by Gasteiger charge is 2.07. The molecule has 0 radical (unpaired) electrons. The number of hydrogen-bond donors (Lipinski definition) is 1. The highest BCUT2D eigenvalue weighted by Crippen LogP contribution is 2.16. The standard InChI is InChI=1S/C12H17N5/c1-2-10-4-6-11(7-5-10)12-14-15-16-17(12)9-3-8-13/h4-7H,2-3,8-9,13H2,1H3. The Hall–Kier alpha value is -1.75. The van der Waals surface area contributed by atoms with Gasteiger partial charge in [0.25, 0.3) is 0 Å². The summed E-state index contributed by atoms with van der Waals surface area (Å²) in [6, 6.07) is 8.33. The molecule has 2 rings (SSSR count). The second kappa shape index (κ2) is 5.54. The lowest BCUT2D eigenvalue weighted by atomic mass is 10.1. The van der Waals surface area contributed by atoms with Gasteiger partial charge in [0.2, 0.25) is 0 Å². The van der Waals surface area contributed by atoms with Gasteiger partial charge >= 0.3 is 0 Å². The van der Waals surface area contributed by atoms with Gasteiger partial charge < -0.3 is 5.73 Å². The SMILES string of the molecule is CCc1ccc(-c2nnnn2CCCN)cc1. The maximum absolute atomic E-state index is 5.49. The molecule has 0 aliphatic rings. The molecule has 0 unspecified atom stereocenters. The average molecular weight is 231 g/mol. The molecule has 5 heteroatoms. The molecular weight excluding hydrogens is 214 g/mol. The van der Waals surface area contributed by atoms with Crippen molar-refractivity contribution in [3.05, 3.63) is 29.8 Å². The number of aryl methyl sites for hydroxylation is 2. The monoisotopic (exact) mass is 231 g/mol. The predicted octanol–water partition coefficient (Wildman–Crippen LogP) is 1.25. The van der Waals surface area contributed by atoms with Crippen LogP contribution in [0.4, 0.5) is 0 Å². The molecule has 0 fully saturated rings. The van der Waals surface area contributed by atoms with Crippen LogP contribution in [0.25, 0.3) is 11.4 Å². The van der Waals surface area contributed by atoms with Gasteiger partial charge in [0.1, 0.15) is 0 Å². The normalized spacial score (nSPS) is 10.7. The Kier molecular flexibility index (Phi) is 3.82. The average Bonchev–Trinajstić information content (AvgIpc) is 2.84. The van der Waals surface area contributed by atoms with E-state index in [0.717, 1.165) is 30.8 Å². The molecule has 90 valence electrons. The fourth-order valence-corrected chi connectivity index (χ4v) is 1.69. The Bertz CT molecular complexity index is 460. The first-order valence-electron chi connectivity index (χ1n) is 5.90. The number of rotatable bonds is 5. The molecule has 2 aromatic rings. The predicted molar refractivity (Wildman–Crippen MR) is 66.3 cm³/mol. The van der Waals surface area contributed by atoms with E-state index in [2.05, 4.69) is 46.7 Å². The smallest absolute Gasteiger partial charge is 0.182 e. The van der Waals surface area contributed by atoms with E-state index in [9.17, 15) is 0 Å². The van der Waals surface area contributed by atoms with Crippen LogP contribution < -0.4 is 5.73 Å². The summed E-state index contributed by atoms with van der Waals surface area (Å²) in [7, 11) is 0. The molecule has 0 amide bonds. The fraction of sp³-hybridized carbons (Fsp3) is 0.417. The van der Waals surface area contributed by atoms with Crippen LogP contribution in [-0.4, -0.2) is 26.8 Å². The highest BCUT2D eigenvalue weighted by molar-refractivity contribution is 5.54. The third-order valence-electron chi connectivity index (χ3n) is 2.73. The second-order valence-corrected chi connectivity index (χ2v) is 3.92. The van der Waals surface area contributed by atoms with E-state index in [4.69, 9.17) is 5.73 Å². The minimum atomic E-state index is 0.647. The number of benzene rings is 1. The second-order valence-electron chi connectivity index (χ2n) is 3.92. The van der Waals surface area contributed by atoms with E-state index in [0.29, 0.717) is 6.54 Å². The van der Waals surface area contributed by atoms with Gasteiger partial charge in [-0.15, -0.1) is 5.10 Å². The van der Waals surface area contributed by atoms with Crippen LogP contribution in [0.3, 0.4) is 0 Å². The van der Waals surface area contributed by atoms with Crippen LogP contribution in [-0.2, 0) is 13.0 Å². The Morgan fingerprint density at radius 3 is 2.65 bits per heavy atom. The summed E-state index contributed by atoms with van der Waals surface area (Å²) in [6.45, 7) is 3.54. The summed E-state index contributed by atoms with van der Waals surface area (Å²) >= 11 is 0.